The maximum Gasteiger partial charge on any atom is 0.265 e. The van der Waals surface area contributed by atoms with Crippen molar-refractivity contribution in [3.63, 3.8) is 0 Å². The average Bonchev–Trinajstić information content (AvgIpc) is 2.92. The molecule has 1 atom stereocenters. The van der Waals surface area contributed by atoms with Gasteiger partial charge in [-0.05, 0) is 50.0 Å². The number of methoxy groups -OCH3 is 3. The minimum atomic E-state index is -0.345. The lowest BCUT2D eigenvalue weighted by Gasteiger charge is -2.23. The molecule has 0 unspecified atom stereocenters. The van der Waals surface area contributed by atoms with Crippen LogP contribution in [0.4, 0.5) is 0 Å². The van der Waals surface area contributed by atoms with E-state index in [2.05, 4.69) is 4.90 Å². The number of benzene rings is 3. The molecule has 0 fully saturated rings. The van der Waals surface area contributed by atoms with Crippen LogP contribution in [-0.4, -0.2) is 62.8 Å². The summed E-state index contributed by atoms with van der Waals surface area (Å²) in [4.78, 5) is 20.2. The molecule has 8 nitrogen and oxygen atoms in total. The molecule has 0 aliphatic rings. The average molecular weight is 502 g/mol. The minimum absolute atomic E-state index is 0.00678. The number of ether oxygens (including phenoxy) is 3. The third-order valence-corrected chi connectivity index (χ3v) is 6.35. The van der Waals surface area contributed by atoms with E-state index in [0.29, 0.717) is 40.1 Å². The summed E-state index contributed by atoms with van der Waals surface area (Å²) in [5, 5.41) is 12.4. The molecule has 0 aliphatic heterocycles. The summed E-state index contributed by atoms with van der Waals surface area (Å²) in [6.45, 7) is 0.447. The first-order valence-electron chi connectivity index (χ1n) is 11.8. The van der Waals surface area contributed by atoms with Crippen molar-refractivity contribution in [3.8, 4) is 28.8 Å². The quantitative estimate of drug-likeness (QED) is 0.341. The van der Waals surface area contributed by atoms with Gasteiger partial charge in [-0.15, -0.1) is 0 Å². The Hall–Kier alpha value is -4.30. The number of aromatic hydroxyl groups is 1. The Kier molecular flexibility index (Phi) is 7.79. The van der Waals surface area contributed by atoms with Crippen LogP contribution in [-0.2, 0) is 0 Å². The Morgan fingerprint density at radius 2 is 1.59 bits per heavy atom. The van der Waals surface area contributed by atoms with Gasteiger partial charge in [0.2, 0.25) is 5.88 Å². The van der Waals surface area contributed by atoms with E-state index in [1.54, 1.807) is 50.8 Å². The normalized spacial score (nSPS) is 12.3. The lowest BCUT2D eigenvalue weighted by molar-refractivity contribution is 0.306. The van der Waals surface area contributed by atoms with Crippen LogP contribution in [0.5, 0.6) is 23.1 Å². The molecule has 37 heavy (non-hydrogen) atoms. The van der Waals surface area contributed by atoms with Crippen LogP contribution in [0.1, 0.15) is 17.2 Å². The Morgan fingerprint density at radius 1 is 0.919 bits per heavy atom. The molecule has 0 radical (unpaired) electrons. The van der Waals surface area contributed by atoms with Crippen molar-refractivity contribution in [2.75, 3.05) is 42.0 Å². The van der Waals surface area contributed by atoms with E-state index in [0.717, 1.165) is 11.3 Å². The molecule has 3 aromatic carbocycles. The van der Waals surface area contributed by atoms with Gasteiger partial charge in [0.1, 0.15) is 5.75 Å². The van der Waals surface area contributed by atoms with Gasteiger partial charge in [0.25, 0.3) is 5.56 Å². The van der Waals surface area contributed by atoms with Gasteiger partial charge in [-0.3, -0.25) is 9.79 Å². The first kappa shape index (κ1) is 25.8. The van der Waals surface area contributed by atoms with Crippen molar-refractivity contribution in [1.82, 2.24) is 9.47 Å². The number of aliphatic imine (C=N–C) groups is 1. The van der Waals surface area contributed by atoms with E-state index < -0.39 is 0 Å². The predicted molar refractivity (Wildman–Crippen MR) is 146 cm³/mol. The molecule has 4 aromatic rings. The monoisotopic (exact) mass is 501 g/mol. The molecule has 0 saturated carbocycles. The van der Waals surface area contributed by atoms with Crippen LogP contribution in [0.25, 0.3) is 16.5 Å². The third kappa shape index (κ3) is 5.15. The van der Waals surface area contributed by atoms with Gasteiger partial charge in [-0.1, -0.05) is 30.3 Å². The fourth-order valence-electron chi connectivity index (χ4n) is 4.33. The van der Waals surface area contributed by atoms with E-state index >= 15 is 0 Å². The van der Waals surface area contributed by atoms with Crippen molar-refractivity contribution < 1.29 is 19.3 Å². The first-order valence-corrected chi connectivity index (χ1v) is 11.8. The molecule has 0 spiro atoms. The Labute approximate surface area is 216 Å². The Balaban J connectivity index is 1.78. The van der Waals surface area contributed by atoms with E-state index in [1.807, 2.05) is 50.5 Å². The number of hydrogen-bond donors (Lipinski definition) is 1. The molecule has 0 bridgehead atoms. The van der Waals surface area contributed by atoms with Gasteiger partial charge in [-0.25, -0.2) is 4.57 Å². The first-order chi connectivity index (χ1) is 17.9. The molecule has 1 aromatic heterocycles. The lowest BCUT2D eigenvalue weighted by atomic mass is 10.1. The number of rotatable bonds is 9. The second-order valence-electron chi connectivity index (χ2n) is 8.71. The second kappa shape index (κ2) is 11.2. The number of hydrogen-bond acceptors (Lipinski definition) is 7. The zero-order valence-electron chi connectivity index (χ0n) is 21.6. The molecule has 0 amide bonds. The van der Waals surface area contributed by atoms with Crippen LogP contribution in [0.15, 0.2) is 76.5 Å². The summed E-state index contributed by atoms with van der Waals surface area (Å²) in [5.41, 5.74) is 1.65. The van der Waals surface area contributed by atoms with Gasteiger partial charge in [0, 0.05) is 23.1 Å². The van der Waals surface area contributed by atoms with Crippen LogP contribution < -0.4 is 19.8 Å². The van der Waals surface area contributed by atoms with Crippen LogP contribution >= 0.6 is 0 Å². The topological polar surface area (TPSA) is 85.5 Å². The summed E-state index contributed by atoms with van der Waals surface area (Å²) in [7, 11) is 8.69. The van der Waals surface area contributed by atoms with E-state index in [1.165, 1.54) is 11.7 Å². The molecule has 4 rings (SSSR count). The summed E-state index contributed by atoms with van der Waals surface area (Å²) < 4.78 is 17.3. The van der Waals surface area contributed by atoms with Crippen molar-refractivity contribution >= 4 is 17.0 Å². The van der Waals surface area contributed by atoms with Crippen LogP contribution in [0.3, 0.4) is 0 Å². The maximum absolute atomic E-state index is 13.4. The van der Waals surface area contributed by atoms with Gasteiger partial charge in [-0.2, -0.15) is 0 Å². The summed E-state index contributed by atoms with van der Waals surface area (Å²) in [6, 6.07) is 20.1. The Bertz CT molecular complexity index is 1480. The number of aromatic nitrogens is 1. The highest BCUT2D eigenvalue weighted by molar-refractivity contribution is 6.01. The second-order valence-corrected chi connectivity index (χ2v) is 8.71. The molecule has 0 aliphatic carbocycles. The zero-order chi connectivity index (χ0) is 26.5. The highest BCUT2D eigenvalue weighted by Gasteiger charge is 2.18. The summed E-state index contributed by atoms with van der Waals surface area (Å²) in [5.74, 6) is 1.56. The number of pyridine rings is 1. The molecule has 8 heteroatoms. The SMILES string of the molecule is COc1ccc([C@@H](CN=Cc2c(O)n(-c3ccc(OC)c(OC)c3)c(=O)c3ccccc23)N(C)C)cc1. The maximum atomic E-state index is 13.4. The fraction of sp³-hybridized carbons (Fsp3) is 0.241. The van der Waals surface area contributed by atoms with Crippen molar-refractivity contribution in [2.45, 2.75) is 6.04 Å². The van der Waals surface area contributed by atoms with Crippen molar-refractivity contribution in [1.29, 1.82) is 0 Å². The van der Waals surface area contributed by atoms with Crippen LogP contribution in [0.2, 0.25) is 0 Å². The molecule has 0 saturated heterocycles. The zero-order valence-corrected chi connectivity index (χ0v) is 21.6. The molecule has 1 N–H and O–H groups in total. The standard InChI is InChI=1S/C29H31N3O5/c1-31(2)25(19-10-13-21(35-3)14-11-19)18-30-17-24-22-8-6-7-9-23(22)28(33)32(29(24)34)20-12-15-26(36-4)27(16-20)37-5/h6-17,25,34H,18H2,1-5H3/t25-/m1/s1. The number of likely N-dealkylation sites (N-methyl/N-ethyl adjacent to an activating group) is 1. The van der Waals surface area contributed by atoms with Gasteiger partial charge in [0.05, 0.1) is 45.2 Å². The highest BCUT2D eigenvalue weighted by atomic mass is 16.5. The van der Waals surface area contributed by atoms with E-state index in [4.69, 9.17) is 19.2 Å². The fourth-order valence-corrected chi connectivity index (χ4v) is 4.33. The third-order valence-electron chi connectivity index (χ3n) is 6.35. The lowest BCUT2D eigenvalue weighted by Crippen LogP contribution is -2.23. The van der Waals surface area contributed by atoms with Crippen LogP contribution in [0, 0.1) is 0 Å². The molecule has 192 valence electrons. The van der Waals surface area contributed by atoms with E-state index in [9.17, 15) is 9.90 Å². The largest absolute Gasteiger partial charge is 0.497 e. The van der Waals surface area contributed by atoms with Gasteiger partial charge in [0.15, 0.2) is 11.5 Å². The molecule has 1 heterocycles. The Morgan fingerprint density at radius 3 is 2.22 bits per heavy atom. The predicted octanol–water partition coefficient (Wildman–Crippen LogP) is 4.44. The van der Waals surface area contributed by atoms with Crippen molar-refractivity contribution in [3.05, 3.63) is 88.2 Å². The van der Waals surface area contributed by atoms with Gasteiger partial charge >= 0.3 is 0 Å². The number of fused-ring (bicyclic) bond motifs is 1. The van der Waals surface area contributed by atoms with Gasteiger partial charge < -0.3 is 24.2 Å². The highest BCUT2D eigenvalue weighted by Crippen LogP contribution is 2.32. The van der Waals surface area contributed by atoms with E-state index in [-0.39, 0.29) is 17.5 Å². The number of nitrogens with zero attached hydrogens (tertiary/aromatic N) is 3. The minimum Gasteiger partial charge on any atom is -0.497 e. The van der Waals surface area contributed by atoms with Crippen molar-refractivity contribution in [2.24, 2.45) is 4.99 Å². The molecular weight excluding hydrogens is 470 g/mol. The smallest absolute Gasteiger partial charge is 0.265 e. The summed E-state index contributed by atoms with van der Waals surface area (Å²) in [6.07, 6.45) is 1.63. The summed E-state index contributed by atoms with van der Waals surface area (Å²) >= 11 is 0. The molecular formula is C29H31N3O5.